The van der Waals surface area contributed by atoms with Crippen LogP contribution >= 0.6 is 23.5 Å². The largest absolute Gasteiger partial charge is 0.361 e. The predicted octanol–water partition coefficient (Wildman–Crippen LogP) is 7.76. The highest BCUT2D eigenvalue weighted by molar-refractivity contribution is 7.00. The normalized spacial score (nSPS) is 12.2. The molecule has 4 aromatic heterocycles. The molecule has 0 atom stereocenters. The van der Waals surface area contributed by atoms with Crippen molar-refractivity contribution in [2.24, 2.45) is 0 Å². The van der Waals surface area contributed by atoms with Crippen LogP contribution in [-0.4, -0.2) is 27.5 Å². The Morgan fingerprint density at radius 3 is 1.53 bits per heavy atom. The van der Waals surface area contributed by atoms with Gasteiger partial charge in [0.2, 0.25) is 0 Å². The molecule has 0 spiro atoms. The lowest BCUT2D eigenvalue weighted by atomic mass is 9.91. The van der Waals surface area contributed by atoms with Crippen LogP contribution in [0.2, 0.25) is 0 Å². The fourth-order valence-electron chi connectivity index (χ4n) is 5.72. The second kappa shape index (κ2) is 7.19. The van der Waals surface area contributed by atoms with Crippen LogP contribution in [0.3, 0.4) is 0 Å². The molecular formula is C28H18N6S2. The van der Waals surface area contributed by atoms with Gasteiger partial charge in [0.15, 0.2) is 0 Å². The first-order valence-corrected chi connectivity index (χ1v) is 13.1. The van der Waals surface area contributed by atoms with Crippen LogP contribution in [0, 0.1) is 13.8 Å². The lowest BCUT2D eigenvalue weighted by Gasteiger charge is -2.12. The van der Waals surface area contributed by atoms with Gasteiger partial charge in [-0.05, 0) is 60.0 Å². The fourth-order valence-corrected chi connectivity index (χ4v) is 6.82. The molecular weight excluding hydrogens is 484 g/mol. The van der Waals surface area contributed by atoms with Crippen LogP contribution in [0.5, 0.6) is 0 Å². The minimum absolute atomic E-state index is 0.937. The number of fused-ring (bicyclic) bond motifs is 5. The van der Waals surface area contributed by atoms with Gasteiger partial charge in [0.25, 0.3) is 0 Å². The van der Waals surface area contributed by atoms with Crippen molar-refractivity contribution in [2.75, 3.05) is 0 Å². The molecule has 0 saturated carbocycles. The number of hydrogen-bond donors (Lipinski definition) is 2. The zero-order chi connectivity index (χ0) is 24.0. The van der Waals surface area contributed by atoms with Crippen LogP contribution in [-0.2, 0) is 0 Å². The average molecular weight is 503 g/mol. The average Bonchev–Trinajstić information content (AvgIpc) is 3.69. The van der Waals surface area contributed by atoms with Crippen molar-refractivity contribution in [3.05, 3.63) is 72.1 Å². The Hall–Kier alpha value is -4.14. The molecule has 0 amide bonds. The zero-order valence-corrected chi connectivity index (χ0v) is 21.0. The molecule has 0 radical (unpaired) electrons. The van der Waals surface area contributed by atoms with Gasteiger partial charge in [-0.3, -0.25) is 0 Å². The molecule has 0 aliphatic rings. The fraction of sp³-hybridized carbons (Fsp3) is 0.0714. The molecule has 8 aromatic rings. The van der Waals surface area contributed by atoms with Gasteiger partial charge >= 0.3 is 0 Å². The number of aromatic nitrogens is 6. The lowest BCUT2D eigenvalue weighted by Crippen LogP contribution is -1.89. The standard InChI is InChI=1S/C28H18N6S2/c1-13-17-9-24-26(20(12-30-24)16-6-4-8-22-28(16)34-36-32-22)14(2)18(17)10-23-25(13)19(11-29-23)15-5-3-7-21-27(15)33-35-31-21/h3-12,29-30H,1-2H3. The van der Waals surface area contributed by atoms with Crippen molar-refractivity contribution in [3.63, 3.8) is 0 Å². The topological polar surface area (TPSA) is 83.1 Å². The van der Waals surface area contributed by atoms with E-state index >= 15 is 0 Å². The molecule has 0 bridgehead atoms. The third-order valence-corrected chi connectivity index (χ3v) is 8.48. The Bertz CT molecular complexity index is 1990. The summed E-state index contributed by atoms with van der Waals surface area (Å²) in [7, 11) is 0. The van der Waals surface area contributed by atoms with E-state index in [1.165, 1.54) is 56.1 Å². The van der Waals surface area contributed by atoms with Crippen LogP contribution in [0.25, 0.3) is 76.9 Å². The summed E-state index contributed by atoms with van der Waals surface area (Å²) in [5, 5.41) is 4.96. The van der Waals surface area contributed by atoms with Crippen LogP contribution in [0.4, 0.5) is 0 Å². The minimum Gasteiger partial charge on any atom is -0.361 e. The first-order valence-electron chi connectivity index (χ1n) is 11.7. The van der Waals surface area contributed by atoms with Gasteiger partial charge in [-0.25, -0.2) is 0 Å². The maximum absolute atomic E-state index is 4.58. The molecule has 172 valence electrons. The smallest absolute Gasteiger partial charge is 0.112 e. The summed E-state index contributed by atoms with van der Waals surface area (Å²) in [6, 6.07) is 17.0. The quantitative estimate of drug-likeness (QED) is 0.253. The van der Waals surface area contributed by atoms with Gasteiger partial charge in [-0.15, -0.1) is 0 Å². The maximum Gasteiger partial charge on any atom is 0.112 e. The molecule has 0 aliphatic carbocycles. The van der Waals surface area contributed by atoms with E-state index in [4.69, 9.17) is 0 Å². The molecule has 0 fully saturated rings. The maximum atomic E-state index is 4.58. The highest BCUT2D eigenvalue weighted by atomic mass is 32.1. The number of hydrogen-bond acceptors (Lipinski definition) is 6. The summed E-state index contributed by atoms with van der Waals surface area (Å²) in [6.07, 6.45) is 4.21. The first-order chi connectivity index (χ1) is 17.7. The number of aromatic amines is 2. The monoisotopic (exact) mass is 502 g/mol. The number of benzene rings is 4. The van der Waals surface area contributed by atoms with Gasteiger partial charge in [0.1, 0.15) is 22.1 Å². The summed E-state index contributed by atoms with van der Waals surface area (Å²) < 4.78 is 18.0. The van der Waals surface area contributed by atoms with Gasteiger partial charge in [-0.1, -0.05) is 24.3 Å². The van der Waals surface area contributed by atoms with E-state index in [1.807, 2.05) is 12.1 Å². The van der Waals surface area contributed by atoms with Gasteiger partial charge in [0.05, 0.1) is 23.5 Å². The zero-order valence-electron chi connectivity index (χ0n) is 19.4. The Kier molecular flexibility index (Phi) is 4.01. The van der Waals surface area contributed by atoms with Crippen molar-refractivity contribution in [1.82, 2.24) is 27.5 Å². The SMILES string of the molecule is Cc1c2cc3[nH]cc(-c4cccc5nsnc45)c3c(C)c2cc2[nH]cc(-c3cccc4nsnc34)c12. The van der Waals surface area contributed by atoms with Gasteiger partial charge in [0, 0.05) is 56.5 Å². The second-order valence-electron chi connectivity index (χ2n) is 9.22. The minimum atomic E-state index is 0.937. The van der Waals surface area contributed by atoms with Crippen molar-refractivity contribution in [1.29, 1.82) is 0 Å². The third kappa shape index (κ3) is 2.60. The number of rotatable bonds is 2. The van der Waals surface area contributed by atoms with Crippen LogP contribution in [0.15, 0.2) is 60.9 Å². The molecule has 8 heteroatoms. The molecule has 0 unspecified atom stereocenters. The molecule has 4 heterocycles. The summed E-state index contributed by atoms with van der Waals surface area (Å²) in [5.74, 6) is 0. The summed E-state index contributed by atoms with van der Waals surface area (Å²) in [5.41, 5.74) is 13.1. The Morgan fingerprint density at radius 2 is 1.06 bits per heavy atom. The van der Waals surface area contributed by atoms with E-state index in [9.17, 15) is 0 Å². The van der Waals surface area contributed by atoms with Crippen molar-refractivity contribution in [3.8, 4) is 22.3 Å². The van der Waals surface area contributed by atoms with E-state index in [-0.39, 0.29) is 0 Å². The highest BCUT2D eigenvalue weighted by Crippen LogP contribution is 2.42. The first kappa shape index (κ1) is 20.1. The third-order valence-electron chi connectivity index (χ3n) is 7.40. The molecule has 36 heavy (non-hydrogen) atoms. The van der Waals surface area contributed by atoms with Crippen LogP contribution < -0.4 is 0 Å². The van der Waals surface area contributed by atoms with Gasteiger partial charge < -0.3 is 9.97 Å². The summed E-state index contributed by atoms with van der Waals surface area (Å²) >= 11 is 2.52. The predicted molar refractivity (Wildman–Crippen MR) is 150 cm³/mol. The van der Waals surface area contributed by atoms with Crippen molar-refractivity contribution < 1.29 is 0 Å². The van der Waals surface area contributed by atoms with E-state index in [2.05, 4.69) is 90.1 Å². The number of aryl methyl sites for hydroxylation is 2. The molecule has 8 rings (SSSR count). The molecule has 2 N–H and O–H groups in total. The Balaban J connectivity index is 1.43. The molecule has 4 aromatic carbocycles. The van der Waals surface area contributed by atoms with E-state index in [1.54, 1.807) is 0 Å². The molecule has 0 saturated heterocycles. The van der Waals surface area contributed by atoms with E-state index in [0.717, 1.165) is 55.4 Å². The highest BCUT2D eigenvalue weighted by Gasteiger charge is 2.19. The Labute approximate surface area is 213 Å². The molecule has 0 aliphatic heterocycles. The van der Waals surface area contributed by atoms with E-state index in [0.29, 0.717) is 0 Å². The number of H-pyrrole nitrogens is 2. The number of nitrogens with zero attached hydrogens (tertiary/aromatic N) is 4. The van der Waals surface area contributed by atoms with Crippen molar-refractivity contribution in [2.45, 2.75) is 13.8 Å². The lowest BCUT2D eigenvalue weighted by molar-refractivity contribution is 1.46. The van der Waals surface area contributed by atoms with Gasteiger partial charge in [-0.2, -0.15) is 17.5 Å². The van der Waals surface area contributed by atoms with E-state index < -0.39 is 0 Å². The summed E-state index contributed by atoms with van der Waals surface area (Å²) in [4.78, 5) is 7.09. The molecule has 6 nitrogen and oxygen atoms in total. The Morgan fingerprint density at radius 1 is 0.583 bits per heavy atom. The second-order valence-corrected chi connectivity index (χ2v) is 10.3. The van der Waals surface area contributed by atoms with Crippen LogP contribution in [0.1, 0.15) is 11.1 Å². The van der Waals surface area contributed by atoms with Crippen molar-refractivity contribution >= 4 is 78.1 Å². The number of nitrogens with one attached hydrogen (secondary N) is 2. The summed E-state index contributed by atoms with van der Waals surface area (Å²) in [6.45, 7) is 4.44.